The van der Waals surface area contributed by atoms with E-state index in [4.69, 9.17) is 12.2 Å². The highest BCUT2D eigenvalue weighted by Crippen LogP contribution is 2.66. The fraction of sp³-hybridized carbons (Fsp3) is 0.717. The first-order valence-electron chi connectivity index (χ1n) is 27.9. The number of alkyl halides is 6. The molecule has 6 saturated heterocycles. The van der Waals surface area contributed by atoms with E-state index in [1.54, 1.807) is 17.1 Å². The van der Waals surface area contributed by atoms with Gasteiger partial charge in [0.2, 0.25) is 6.33 Å². The van der Waals surface area contributed by atoms with Crippen LogP contribution in [0.1, 0.15) is 96.1 Å². The van der Waals surface area contributed by atoms with Crippen LogP contribution in [0.25, 0.3) is 15.0 Å². The Hall–Kier alpha value is -3.23. The van der Waals surface area contributed by atoms with Crippen LogP contribution in [0, 0.1) is 28.6 Å². The summed E-state index contributed by atoms with van der Waals surface area (Å²) in [6.45, 7) is 14.8. The van der Waals surface area contributed by atoms with Gasteiger partial charge in [-0.25, -0.2) is 34.4 Å². The van der Waals surface area contributed by atoms with E-state index in [9.17, 15) is 61.8 Å². The van der Waals surface area contributed by atoms with Crippen LogP contribution in [0.5, 0.6) is 0 Å². The van der Waals surface area contributed by atoms with Gasteiger partial charge < -0.3 is 40.9 Å². The van der Waals surface area contributed by atoms with Crippen molar-refractivity contribution in [3.63, 3.8) is 0 Å². The van der Waals surface area contributed by atoms with E-state index in [1.165, 1.54) is 49.5 Å². The fourth-order valence-electron chi connectivity index (χ4n) is 12.9. The maximum absolute atomic E-state index is 11.9. The largest absolute Gasteiger partial charge is 0.480 e. The SMILES string of the molecule is C=CC1CN2CCC1CC2[C@@H](NC(=S)NC[C@@H]1CCCN1)c1ccnc2ccccc12.CC1(C)C2CCC1(CSC[C@@H]1C[C@@H](O)CN1)C(O)C2.C[n+]1ccn(CS(=O)(=O)CC[C@@H]2CCCN2)c1.O=S(=O)([N-]S(=O)(=O)C(F)(F)F)C(F)(F)F. The second-order valence-electron chi connectivity index (χ2n) is 23.3. The maximum atomic E-state index is 11.9. The van der Waals surface area contributed by atoms with Crippen LogP contribution in [0.15, 0.2) is 67.9 Å². The minimum atomic E-state index is -6.72. The summed E-state index contributed by atoms with van der Waals surface area (Å²) in [6.07, 6.45) is 21.6. The fourth-order valence-corrected chi connectivity index (χ4v) is 18.0. The molecule has 8 heterocycles. The first kappa shape index (κ1) is 66.3. The van der Waals surface area contributed by atoms with Crippen molar-refractivity contribution in [2.45, 2.75) is 144 Å². The zero-order valence-electron chi connectivity index (χ0n) is 46.5. The van der Waals surface area contributed by atoms with Crippen LogP contribution in [0.2, 0.25) is 0 Å². The number of aromatic nitrogens is 3. The third kappa shape index (κ3) is 16.6. The number of benzene rings is 1. The van der Waals surface area contributed by atoms with E-state index in [-0.39, 0.29) is 35.3 Å². The molecule has 7 N–H and O–H groups in total. The number of halogens is 6. The van der Waals surface area contributed by atoms with E-state index >= 15 is 0 Å². The monoisotopic (exact) mass is 1260 g/mol. The van der Waals surface area contributed by atoms with Crippen molar-refractivity contribution in [1.82, 2.24) is 41.0 Å². The number of thiocarbonyl (C=S) groups is 1. The van der Waals surface area contributed by atoms with Gasteiger partial charge in [-0.3, -0.25) is 9.88 Å². The molecule has 0 spiro atoms. The number of aliphatic hydroxyl groups excluding tert-OH is 2. The van der Waals surface area contributed by atoms with Gasteiger partial charge in [0.1, 0.15) is 12.4 Å². The second kappa shape index (κ2) is 27.6. The molecular formula is C53H80F6N10O8S5. The lowest BCUT2D eigenvalue weighted by atomic mass is 9.70. The summed E-state index contributed by atoms with van der Waals surface area (Å²) in [5.41, 5.74) is -9.64. The Bertz CT molecular complexity index is 2920. The summed E-state index contributed by atoms with van der Waals surface area (Å²) in [5, 5.41) is 39.4. The number of sulfonamides is 2. The average Bonchev–Trinajstić information content (AvgIpc) is 2.03. The lowest BCUT2D eigenvalue weighted by molar-refractivity contribution is -0.670. The number of thioether (sulfide) groups is 1. The Balaban J connectivity index is 0.000000166. The van der Waals surface area contributed by atoms with Crippen LogP contribution in [0.4, 0.5) is 26.3 Å². The zero-order valence-corrected chi connectivity index (χ0v) is 50.6. The number of nitrogens with one attached hydrogen (secondary N) is 5. The Labute approximate surface area is 488 Å². The molecule has 4 bridgehead atoms. The number of nitrogens with zero attached hydrogens (tertiary/aromatic N) is 5. The minimum absolute atomic E-state index is 0.0839. The molecule has 12 atom stereocenters. The number of hydrogen-bond donors (Lipinski definition) is 7. The topological polar surface area (TPSA) is 242 Å². The molecule has 8 fully saturated rings. The molecule has 3 aromatic rings. The molecular weight excluding hydrogens is 1180 g/mol. The molecule has 1 aromatic carbocycles. The van der Waals surface area contributed by atoms with Gasteiger partial charge in [-0.15, -0.1) is 6.58 Å². The molecule has 29 heteroatoms. The Morgan fingerprint density at radius 1 is 0.951 bits per heavy atom. The van der Waals surface area contributed by atoms with Gasteiger partial charge in [-0.05, 0) is 143 Å². The Morgan fingerprint density at radius 2 is 1.63 bits per heavy atom. The first-order chi connectivity index (χ1) is 38.4. The lowest BCUT2D eigenvalue weighted by Gasteiger charge is -2.52. The van der Waals surface area contributed by atoms with Gasteiger partial charge in [0.05, 0.1) is 36.6 Å². The number of pyridine rings is 1. The van der Waals surface area contributed by atoms with Crippen LogP contribution >= 0.6 is 24.0 Å². The van der Waals surface area contributed by atoms with Gasteiger partial charge in [-0.1, -0.05) is 38.1 Å². The molecule has 7 unspecified atom stereocenters. The van der Waals surface area contributed by atoms with Gasteiger partial charge in [0.15, 0.2) is 40.9 Å². The van der Waals surface area contributed by atoms with Crippen molar-refractivity contribution < 1.29 is 66.4 Å². The molecule has 2 aliphatic carbocycles. The molecule has 6 aliphatic heterocycles. The average molecular weight is 1260 g/mol. The predicted molar refractivity (Wildman–Crippen MR) is 309 cm³/mol. The van der Waals surface area contributed by atoms with Gasteiger partial charge in [-0.2, -0.15) is 38.1 Å². The molecule has 11 rings (SSSR count). The van der Waals surface area contributed by atoms with E-state index in [2.05, 4.69) is 93.3 Å². The number of imidazole rings is 1. The molecule has 8 aliphatic rings. The van der Waals surface area contributed by atoms with Gasteiger partial charge >= 0.3 is 11.0 Å². The highest BCUT2D eigenvalue weighted by Gasteiger charge is 2.63. The molecule has 2 aromatic heterocycles. The standard InChI is InChI=1S/C25H33N5S.C15H27NO2S.C11H20N3O2S.C2F6NO4S2/c1-2-17-16-30-13-10-18(17)14-23(30)24(29-25(31)28-15-19-6-5-11-26-19)21-9-12-27-22-8-4-3-7-20(21)22;1-14(2)10-3-4-15(14,13(18)5-10)9-19-8-11-6-12(17)7-16-11;1-13-6-7-14(9-13)10-17(15,16)8-4-11-3-2-5-12-11;3-1(4,5)14(10,11)9-15(12,13)2(6,7)8/h2-4,7-9,12,17-19,23-24,26H,1,5-6,10-11,13-16H2,(H2,28,29,31);10-13,16-18H,3-9H2,1-2H3;6-7,9,11-12H,2-5,8,10H2,1H3;/q;;+1;-1/t17?,18?,19-,23?,24-;10?,11-,12+,13?,15?;11-;/m000./s1. The minimum Gasteiger partial charge on any atom is -0.421 e. The van der Waals surface area contributed by atoms with Gasteiger partial charge in [0, 0.05) is 72.3 Å². The zero-order chi connectivity index (χ0) is 59.9. The number of piperidine rings is 3. The highest BCUT2D eigenvalue weighted by molar-refractivity contribution is 8.13. The smallest absolute Gasteiger partial charge is 0.421 e. The quantitative estimate of drug-likeness (QED) is 0.0360. The second-order valence-corrected chi connectivity index (χ2v) is 30.3. The molecule has 0 radical (unpaired) electrons. The third-order valence-corrected chi connectivity index (χ3v) is 23.6. The molecule has 0 amide bonds. The summed E-state index contributed by atoms with van der Waals surface area (Å²) < 4.78 is 137. The van der Waals surface area contributed by atoms with Crippen LogP contribution < -0.4 is 31.2 Å². The van der Waals surface area contributed by atoms with E-state index < -0.39 is 40.9 Å². The summed E-state index contributed by atoms with van der Waals surface area (Å²) >= 11 is 7.76. The van der Waals surface area contributed by atoms with E-state index in [0.717, 1.165) is 104 Å². The predicted octanol–water partition coefficient (Wildman–Crippen LogP) is 5.90. The number of fused-ring (bicyclic) bond motifs is 6. The summed E-state index contributed by atoms with van der Waals surface area (Å²) in [5.74, 6) is 4.53. The lowest BCUT2D eigenvalue weighted by Crippen LogP contribution is -2.58. The summed E-state index contributed by atoms with van der Waals surface area (Å²) in [4.78, 5) is 7.25. The van der Waals surface area contributed by atoms with Crippen molar-refractivity contribution in [3.05, 3.63) is 77.6 Å². The number of aryl methyl sites for hydroxylation is 1. The summed E-state index contributed by atoms with van der Waals surface area (Å²) in [6, 6.07) is 12.5. The molecule has 2 saturated carbocycles. The number of β-amino-alcohol motifs (C(OH)–C–C–N with tert-alkyl or cyclic N) is 1. The van der Waals surface area contributed by atoms with Crippen molar-refractivity contribution >= 4 is 69.9 Å². The summed E-state index contributed by atoms with van der Waals surface area (Å²) in [7, 11) is -14.6. The Kier molecular flexibility index (Phi) is 22.3. The van der Waals surface area contributed by atoms with Crippen LogP contribution in [-0.2, 0) is 42.8 Å². The maximum Gasteiger partial charge on any atom is 0.480 e. The number of hydrogen-bond acceptors (Lipinski definition) is 15. The van der Waals surface area contributed by atoms with Crippen LogP contribution in [0.3, 0.4) is 0 Å². The van der Waals surface area contributed by atoms with E-state index in [1.807, 2.05) is 35.8 Å². The van der Waals surface area contributed by atoms with Crippen molar-refractivity contribution in [2.75, 3.05) is 56.5 Å². The van der Waals surface area contributed by atoms with Gasteiger partial charge in [0.25, 0.3) is 0 Å². The molecule has 462 valence electrons. The number of rotatable bonds is 17. The highest BCUT2D eigenvalue weighted by atomic mass is 32.3. The van der Waals surface area contributed by atoms with E-state index in [0.29, 0.717) is 41.4 Å². The van der Waals surface area contributed by atoms with Crippen molar-refractivity contribution in [2.24, 2.45) is 35.6 Å². The molecule has 18 nitrogen and oxygen atoms in total. The third-order valence-electron chi connectivity index (χ3n) is 17.7. The van der Waals surface area contributed by atoms with Crippen LogP contribution in [-0.4, -0.2) is 159 Å². The number of aliphatic hydroxyl groups is 2. The van der Waals surface area contributed by atoms with Crippen molar-refractivity contribution in [1.29, 1.82) is 0 Å². The number of sulfone groups is 1. The van der Waals surface area contributed by atoms with Crippen molar-refractivity contribution in [3.8, 4) is 0 Å². The molecule has 82 heavy (non-hydrogen) atoms. The normalized spacial score (nSPS) is 29.9. The first-order valence-corrected chi connectivity index (χ1v) is 34.2. The Morgan fingerprint density at radius 3 is 2.18 bits per heavy atom. The number of para-hydroxylation sites is 1.